The maximum atomic E-state index is 11.8. The smallest absolute Gasteiger partial charge is 0.319 e. The fourth-order valence-electron chi connectivity index (χ4n) is 2.01. The Balaban J connectivity index is 2.47. The van der Waals surface area contributed by atoms with Gasteiger partial charge in [0.15, 0.2) is 5.78 Å². The van der Waals surface area contributed by atoms with Crippen LogP contribution in [0, 0.1) is 5.92 Å². The van der Waals surface area contributed by atoms with Gasteiger partial charge in [0.1, 0.15) is 0 Å². The number of ketones is 1. The molecular formula is C16H24N2O2. The third-order valence-corrected chi connectivity index (χ3v) is 3.38. The summed E-state index contributed by atoms with van der Waals surface area (Å²) in [5, 5.41) is 5.68. The standard InChI is InChI=1S/C16H24N2O2/c1-5-11(2)10-12(3)17-16(20)18-15-8-6-14(7-9-15)13(4)19/h6-9,11-12H,5,10H2,1-4H3,(H2,17,18,20). The van der Waals surface area contributed by atoms with Crippen LogP contribution in [0.2, 0.25) is 0 Å². The highest BCUT2D eigenvalue weighted by Gasteiger charge is 2.10. The second-order valence-corrected chi connectivity index (χ2v) is 5.38. The summed E-state index contributed by atoms with van der Waals surface area (Å²) in [6.07, 6.45) is 2.08. The van der Waals surface area contributed by atoms with Gasteiger partial charge < -0.3 is 10.6 Å². The topological polar surface area (TPSA) is 58.2 Å². The summed E-state index contributed by atoms with van der Waals surface area (Å²) in [6.45, 7) is 7.85. The molecule has 4 nitrogen and oxygen atoms in total. The lowest BCUT2D eigenvalue weighted by Crippen LogP contribution is -2.36. The van der Waals surface area contributed by atoms with Gasteiger partial charge in [-0.15, -0.1) is 0 Å². The second-order valence-electron chi connectivity index (χ2n) is 5.38. The van der Waals surface area contributed by atoms with Crippen molar-refractivity contribution in [1.29, 1.82) is 0 Å². The van der Waals surface area contributed by atoms with Crippen LogP contribution in [0.4, 0.5) is 10.5 Å². The van der Waals surface area contributed by atoms with Gasteiger partial charge in [-0.3, -0.25) is 4.79 Å². The summed E-state index contributed by atoms with van der Waals surface area (Å²) in [4.78, 5) is 23.0. The van der Waals surface area contributed by atoms with Crippen LogP contribution in [0.15, 0.2) is 24.3 Å². The molecule has 110 valence electrons. The molecule has 2 amide bonds. The summed E-state index contributed by atoms with van der Waals surface area (Å²) in [6, 6.07) is 6.81. The van der Waals surface area contributed by atoms with Crippen molar-refractivity contribution < 1.29 is 9.59 Å². The number of nitrogens with one attached hydrogen (secondary N) is 2. The normalized spacial score (nSPS) is 13.4. The van der Waals surface area contributed by atoms with Crippen molar-refractivity contribution in [3.05, 3.63) is 29.8 Å². The molecule has 0 radical (unpaired) electrons. The third-order valence-electron chi connectivity index (χ3n) is 3.38. The van der Waals surface area contributed by atoms with Crippen molar-refractivity contribution >= 4 is 17.5 Å². The first-order valence-electron chi connectivity index (χ1n) is 7.10. The van der Waals surface area contributed by atoms with E-state index in [0.29, 0.717) is 17.2 Å². The van der Waals surface area contributed by atoms with Gasteiger partial charge in [-0.25, -0.2) is 4.79 Å². The van der Waals surface area contributed by atoms with Crippen LogP contribution in [0.5, 0.6) is 0 Å². The Kier molecular flexibility index (Phi) is 6.22. The molecule has 2 unspecified atom stereocenters. The van der Waals surface area contributed by atoms with Crippen molar-refractivity contribution in [2.24, 2.45) is 5.92 Å². The Bertz CT molecular complexity index is 454. The molecule has 0 aliphatic rings. The van der Waals surface area contributed by atoms with Gasteiger partial charge in [-0.2, -0.15) is 0 Å². The van der Waals surface area contributed by atoms with E-state index in [0.717, 1.165) is 12.8 Å². The SMILES string of the molecule is CCC(C)CC(C)NC(=O)Nc1ccc(C(C)=O)cc1. The maximum Gasteiger partial charge on any atom is 0.319 e. The number of anilines is 1. The van der Waals surface area contributed by atoms with E-state index < -0.39 is 0 Å². The van der Waals surface area contributed by atoms with E-state index in [1.165, 1.54) is 6.92 Å². The summed E-state index contributed by atoms with van der Waals surface area (Å²) in [7, 11) is 0. The fraction of sp³-hybridized carbons (Fsp3) is 0.500. The van der Waals surface area contributed by atoms with E-state index in [2.05, 4.69) is 24.5 Å². The molecular weight excluding hydrogens is 252 g/mol. The first kappa shape index (κ1) is 16.2. The van der Waals surface area contributed by atoms with Crippen LogP contribution >= 0.6 is 0 Å². The summed E-state index contributed by atoms with van der Waals surface area (Å²) in [5.41, 5.74) is 1.32. The number of amides is 2. The van der Waals surface area contributed by atoms with Gasteiger partial charge in [-0.05, 0) is 50.5 Å². The molecule has 0 fully saturated rings. The molecule has 4 heteroatoms. The zero-order valence-electron chi connectivity index (χ0n) is 12.7. The Labute approximate surface area is 121 Å². The maximum absolute atomic E-state index is 11.8. The Morgan fingerprint density at radius 3 is 2.25 bits per heavy atom. The van der Waals surface area contributed by atoms with Gasteiger partial charge in [0, 0.05) is 17.3 Å². The number of Topliss-reactive ketones (excluding diaryl/α,β-unsaturated/α-hetero) is 1. The molecule has 1 aromatic carbocycles. The van der Waals surface area contributed by atoms with E-state index in [-0.39, 0.29) is 17.9 Å². The third kappa shape index (κ3) is 5.43. The first-order valence-corrected chi connectivity index (χ1v) is 7.10. The Hall–Kier alpha value is -1.84. The number of hydrogen-bond acceptors (Lipinski definition) is 2. The van der Waals surface area contributed by atoms with Crippen molar-refractivity contribution in [3.8, 4) is 0 Å². The van der Waals surface area contributed by atoms with Crippen molar-refractivity contribution in [3.63, 3.8) is 0 Å². The van der Waals surface area contributed by atoms with Crippen molar-refractivity contribution in [2.45, 2.75) is 46.6 Å². The molecule has 0 spiro atoms. The van der Waals surface area contributed by atoms with Gasteiger partial charge in [-0.1, -0.05) is 20.3 Å². The monoisotopic (exact) mass is 276 g/mol. The number of hydrogen-bond donors (Lipinski definition) is 2. The van der Waals surface area contributed by atoms with Crippen LogP contribution in [0.3, 0.4) is 0 Å². The van der Waals surface area contributed by atoms with E-state index in [1.54, 1.807) is 24.3 Å². The minimum Gasteiger partial charge on any atom is -0.335 e. The molecule has 0 aliphatic carbocycles. The van der Waals surface area contributed by atoms with E-state index in [1.807, 2.05) is 6.92 Å². The van der Waals surface area contributed by atoms with E-state index in [4.69, 9.17) is 0 Å². The van der Waals surface area contributed by atoms with Crippen LogP contribution < -0.4 is 10.6 Å². The molecule has 2 atom stereocenters. The number of urea groups is 1. The average Bonchev–Trinajstić information content (AvgIpc) is 2.38. The number of carbonyl (C=O) groups excluding carboxylic acids is 2. The predicted molar refractivity (Wildman–Crippen MR) is 82.1 cm³/mol. The van der Waals surface area contributed by atoms with E-state index in [9.17, 15) is 9.59 Å². The van der Waals surface area contributed by atoms with Gasteiger partial charge in [0.05, 0.1) is 0 Å². The van der Waals surface area contributed by atoms with Crippen molar-refractivity contribution in [2.75, 3.05) is 5.32 Å². The van der Waals surface area contributed by atoms with Gasteiger partial charge >= 0.3 is 6.03 Å². The highest BCUT2D eigenvalue weighted by Crippen LogP contribution is 2.11. The number of carbonyl (C=O) groups is 2. The first-order chi connectivity index (χ1) is 9.42. The number of benzene rings is 1. The van der Waals surface area contributed by atoms with E-state index >= 15 is 0 Å². The highest BCUT2D eigenvalue weighted by molar-refractivity contribution is 5.95. The van der Waals surface area contributed by atoms with Crippen LogP contribution in [0.25, 0.3) is 0 Å². The van der Waals surface area contributed by atoms with Crippen LogP contribution in [-0.4, -0.2) is 17.9 Å². The fourth-order valence-corrected chi connectivity index (χ4v) is 2.01. The molecule has 0 aliphatic heterocycles. The zero-order chi connectivity index (χ0) is 15.1. The molecule has 0 saturated carbocycles. The highest BCUT2D eigenvalue weighted by atomic mass is 16.2. The van der Waals surface area contributed by atoms with Crippen molar-refractivity contribution in [1.82, 2.24) is 5.32 Å². The molecule has 2 N–H and O–H groups in total. The summed E-state index contributed by atoms with van der Waals surface area (Å²) < 4.78 is 0. The quantitative estimate of drug-likeness (QED) is 0.776. The zero-order valence-corrected chi connectivity index (χ0v) is 12.7. The lowest BCUT2D eigenvalue weighted by atomic mass is 10.0. The van der Waals surface area contributed by atoms with Crippen LogP contribution in [-0.2, 0) is 0 Å². The Morgan fingerprint density at radius 2 is 1.75 bits per heavy atom. The summed E-state index contributed by atoms with van der Waals surface area (Å²) in [5.74, 6) is 0.614. The largest absolute Gasteiger partial charge is 0.335 e. The molecule has 20 heavy (non-hydrogen) atoms. The minimum absolute atomic E-state index is 0.0168. The molecule has 0 saturated heterocycles. The molecule has 0 heterocycles. The molecule has 1 aromatic rings. The lowest BCUT2D eigenvalue weighted by molar-refractivity contribution is 0.101. The predicted octanol–water partition coefficient (Wildman–Crippen LogP) is 3.84. The van der Waals surface area contributed by atoms with Gasteiger partial charge in [0.2, 0.25) is 0 Å². The second kappa shape index (κ2) is 7.68. The minimum atomic E-state index is -0.212. The lowest BCUT2D eigenvalue weighted by Gasteiger charge is -2.18. The summed E-state index contributed by atoms with van der Waals surface area (Å²) >= 11 is 0. The van der Waals surface area contributed by atoms with Gasteiger partial charge in [0.25, 0.3) is 0 Å². The molecule has 0 bridgehead atoms. The molecule has 0 aromatic heterocycles. The Morgan fingerprint density at radius 1 is 1.15 bits per heavy atom. The molecule has 1 rings (SSSR count). The average molecular weight is 276 g/mol. The van der Waals surface area contributed by atoms with Crippen LogP contribution in [0.1, 0.15) is 50.9 Å². The number of rotatable bonds is 6.